The molecule has 1 N–H and O–H groups in total. The molecule has 100 valence electrons. The monoisotopic (exact) mass is 253 g/mol. The minimum atomic E-state index is -0.767. The number of likely N-dealkylation sites (N-methyl/N-ethyl adjacent to an activating group) is 1. The molecule has 1 aliphatic carbocycles. The average Bonchev–Trinajstić information content (AvgIpc) is 3.15. The summed E-state index contributed by atoms with van der Waals surface area (Å²) in [6.45, 7) is 2.99. The van der Waals surface area contributed by atoms with E-state index in [1.165, 1.54) is 31.4 Å². The highest BCUT2D eigenvalue weighted by molar-refractivity contribution is 5.18. The van der Waals surface area contributed by atoms with Crippen molar-refractivity contribution in [1.82, 2.24) is 5.32 Å². The fourth-order valence-corrected chi connectivity index (χ4v) is 2.36. The first-order valence-electron chi connectivity index (χ1n) is 6.86. The summed E-state index contributed by atoms with van der Waals surface area (Å²) in [7, 11) is 0. The second kappa shape index (κ2) is 6.28. The summed E-state index contributed by atoms with van der Waals surface area (Å²) in [4.78, 5) is 0. The third-order valence-corrected chi connectivity index (χ3v) is 3.58. The van der Waals surface area contributed by atoms with Crippen LogP contribution in [0.15, 0.2) is 18.2 Å². The standard InChI is InChI=1S/C15H21F2N/c1-2-18-13(7-5-11-3-4-11)9-12-6-8-14(16)15(17)10-12/h6,8,10-11,13,18H,2-5,7,9H2,1H3. The minimum Gasteiger partial charge on any atom is -0.314 e. The van der Waals surface area contributed by atoms with Gasteiger partial charge in [-0.25, -0.2) is 8.78 Å². The zero-order chi connectivity index (χ0) is 13.0. The van der Waals surface area contributed by atoms with Gasteiger partial charge in [-0.2, -0.15) is 0 Å². The van der Waals surface area contributed by atoms with Crippen molar-refractivity contribution in [2.45, 2.75) is 45.1 Å². The molecule has 0 heterocycles. The predicted molar refractivity (Wildman–Crippen MR) is 69.5 cm³/mol. The van der Waals surface area contributed by atoms with Crippen LogP contribution in [0.5, 0.6) is 0 Å². The minimum absolute atomic E-state index is 0.375. The van der Waals surface area contributed by atoms with Gasteiger partial charge in [-0.15, -0.1) is 0 Å². The van der Waals surface area contributed by atoms with Gasteiger partial charge in [0.2, 0.25) is 0 Å². The lowest BCUT2D eigenvalue weighted by molar-refractivity contribution is 0.459. The number of hydrogen-bond donors (Lipinski definition) is 1. The Kier molecular flexibility index (Phi) is 4.70. The number of benzene rings is 1. The molecular weight excluding hydrogens is 232 g/mol. The highest BCUT2D eigenvalue weighted by atomic mass is 19.2. The Morgan fingerprint density at radius 2 is 2.06 bits per heavy atom. The molecule has 1 aromatic rings. The summed E-state index contributed by atoms with van der Waals surface area (Å²) in [6.07, 6.45) is 5.88. The normalized spacial score (nSPS) is 16.8. The Morgan fingerprint density at radius 3 is 2.67 bits per heavy atom. The van der Waals surface area contributed by atoms with E-state index in [1.54, 1.807) is 6.07 Å². The zero-order valence-electron chi connectivity index (χ0n) is 10.9. The molecule has 1 saturated carbocycles. The molecular formula is C15H21F2N. The summed E-state index contributed by atoms with van der Waals surface area (Å²) >= 11 is 0. The lowest BCUT2D eigenvalue weighted by Gasteiger charge is -2.18. The van der Waals surface area contributed by atoms with Crippen LogP contribution >= 0.6 is 0 Å². The molecule has 1 unspecified atom stereocenters. The highest BCUT2D eigenvalue weighted by Crippen LogP contribution is 2.34. The van der Waals surface area contributed by atoms with E-state index in [-0.39, 0.29) is 0 Å². The van der Waals surface area contributed by atoms with Crippen LogP contribution in [0.4, 0.5) is 8.78 Å². The van der Waals surface area contributed by atoms with E-state index in [2.05, 4.69) is 12.2 Å². The molecule has 0 amide bonds. The van der Waals surface area contributed by atoms with Gasteiger partial charge >= 0.3 is 0 Å². The van der Waals surface area contributed by atoms with Crippen LogP contribution in [-0.4, -0.2) is 12.6 Å². The van der Waals surface area contributed by atoms with Gasteiger partial charge in [0, 0.05) is 6.04 Å². The molecule has 1 aromatic carbocycles. The van der Waals surface area contributed by atoms with Crippen molar-refractivity contribution < 1.29 is 8.78 Å². The molecule has 0 aliphatic heterocycles. The Bertz CT molecular complexity index is 388. The zero-order valence-corrected chi connectivity index (χ0v) is 10.9. The average molecular weight is 253 g/mol. The summed E-state index contributed by atoms with van der Waals surface area (Å²) in [6, 6.07) is 4.59. The van der Waals surface area contributed by atoms with Crippen molar-refractivity contribution in [3.05, 3.63) is 35.4 Å². The van der Waals surface area contributed by atoms with Crippen molar-refractivity contribution in [3.63, 3.8) is 0 Å². The first kappa shape index (κ1) is 13.5. The second-order valence-electron chi connectivity index (χ2n) is 5.23. The number of rotatable bonds is 7. The lowest BCUT2D eigenvalue weighted by Crippen LogP contribution is -2.31. The van der Waals surface area contributed by atoms with E-state index in [4.69, 9.17) is 0 Å². The first-order valence-corrected chi connectivity index (χ1v) is 6.86. The quantitative estimate of drug-likeness (QED) is 0.781. The molecule has 0 bridgehead atoms. The molecule has 1 aliphatic rings. The molecule has 1 fully saturated rings. The van der Waals surface area contributed by atoms with E-state index in [0.29, 0.717) is 6.04 Å². The van der Waals surface area contributed by atoms with Crippen LogP contribution in [0.2, 0.25) is 0 Å². The molecule has 1 atom stereocenters. The van der Waals surface area contributed by atoms with Gasteiger partial charge in [-0.05, 0) is 49.4 Å². The molecule has 2 rings (SSSR count). The van der Waals surface area contributed by atoms with E-state index < -0.39 is 11.6 Å². The van der Waals surface area contributed by atoms with Crippen LogP contribution in [0.25, 0.3) is 0 Å². The van der Waals surface area contributed by atoms with E-state index in [9.17, 15) is 8.78 Å². The van der Waals surface area contributed by atoms with Gasteiger partial charge in [0.1, 0.15) is 0 Å². The third-order valence-electron chi connectivity index (χ3n) is 3.58. The summed E-state index contributed by atoms with van der Waals surface area (Å²) in [5, 5.41) is 3.43. The summed E-state index contributed by atoms with van der Waals surface area (Å²) in [5.41, 5.74) is 0.871. The van der Waals surface area contributed by atoms with Gasteiger partial charge in [-0.3, -0.25) is 0 Å². The van der Waals surface area contributed by atoms with Crippen molar-refractivity contribution in [2.75, 3.05) is 6.54 Å². The fourth-order valence-electron chi connectivity index (χ4n) is 2.36. The Hall–Kier alpha value is -0.960. The van der Waals surface area contributed by atoms with E-state index >= 15 is 0 Å². The SMILES string of the molecule is CCNC(CCC1CC1)Cc1ccc(F)c(F)c1. The van der Waals surface area contributed by atoms with Crippen molar-refractivity contribution >= 4 is 0 Å². The van der Waals surface area contributed by atoms with Crippen molar-refractivity contribution in [2.24, 2.45) is 5.92 Å². The second-order valence-corrected chi connectivity index (χ2v) is 5.23. The molecule has 18 heavy (non-hydrogen) atoms. The molecule has 0 saturated heterocycles. The Balaban J connectivity index is 1.90. The number of nitrogens with one attached hydrogen (secondary N) is 1. The van der Waals surface area contributed by atoms with Crippen LogP contribution in [-0.2, 0) is 6.42 Å². The predicted octanol–water partition coefficient (Wildman–Crippen LogP) is 3.68. The highest BCUT2D eigenvalue weighted by Gasteiger charge is 2.22. The van der Waals surface area contributed by atoms with Gasteiger partial charge in [-0.1, -0.05) is 25.8 Å². The topological polar surface area (TPSA) is 12.0 Å². The Morgan fingerprint density at radius 1 is 1.28 bits per heavy atom. The fraction of sp³-hybridized carbons (Fsp3) is 0.600. The van der Waals surface area contributed by atoms with Crippen LogP contribution < -0.4 is 5.32 Å². The van der Waals surface area contributed by atoms with Crippen molar-refractivity contribution in [3.8, 4) is 0 Å². The number of halogens is 2. The molecule has 0 radical (unpaired) electrons. The molecule has 3 heteroatoms. The third kappa shape index (κ3) is 4.05. The van der Waals surface area contributed by atoms with Gasteiger partial charge in [0.15, 0.2) is 11.6 Å². The molecule has 1 nitrogen and oxygen atoms in total. The van der Waals surface area contributed by atoms with E-state index in [1.807, 2.05) is 0 Å². The van der Waals surface area contributed by atoms with Crippen LogP contribution in [0.1, 0.15) is 38.2 Å². The maximum absolute atomic E-state index is 13.1. The van der Waals surface area contributed by atoms with Crippen LogP contribution in [0.3, 0.4) is 0 Å². The molecule has 0 aromatic heterocycles. The largest absolute Gasteiger partial charge is 0.314 e. The van der Waals surface area contributed by atoms with Crippen LogP contribution in [0, 0.1) is 17.6 Å². The van der Waals surface area contributed by atoms with Gasteiger partial charge in [0.05, 0.1) is 0 Å². The first-order chi connectivity index (χ1) is 8.69. The smallest absolute Gasteiger partial charge is 0.159 e. The molecule has 0 spiro atoms. The number of hydrogen-bond acceptors (Lipinski definition) is 1. The summed E-state index contributed by atoms with van der Waals surface area (Å²) in [5.74, 6) is -0.599. The maximum atomic E-state index is 13.1. The van der Waals surface area contributed by atoms with Crippen molar-refractivity contribution in [1.29, 1.82) is 0 Å². The van der Waals surface area contributed by atoms with Gasteiger partial charge in [0.25, 0.3) is 0 Å². The van der Waals surface area contributed by atoms with Gasteiger partial charge < -0.3 is 5.32 Å². The summed E-state index contributed by atoms with van der Waals surface area (Å²) < 4.78 is 26.0. The lowest BCUT2D eigenvalue weighted by atomic mass is 10.00. The Labute approximate surface area is 108 Å². The maximum Gasteiger partial charge on any atom is 0.159 e. The van der Waals surface area contributed by atoms with E-state index in [0.717, 1.165) is 30.9 Å².